The summed E-state index contributed by atoms with van der Waals surface area (Å²) < 4.78 is 28.4. The van der Waals surface area contributed by atoms with Crippen molar-refractivity contribution in [1.82, 2.24) is 30.8 Å². The lowest BCUT2D eigenvalue weighted by molar-refractivity contribution is -0.120. The minimum Gasteiger partial charge on any atom is -0.448 e. The first-order valence-corrected chi connectivity index (χ1v) is 16.5. The van der Waals surface area contributed by atoms with Gasteiger partial charge >= 0.3 is 26.8 Å². The molecule has 0 saturated carbocycles. The normalized spacial score (nSPS) is 17.6. The molecule has 2 heterocycles. The van der Waals surface area contributed by atoms with E-state index in [9.17, 15) is 28.7 Å². The molecule has 15 nitrogen and oxygen atoms in total. The van der Waals surface area contributed by atoms with E-state index in [-0.39, 0.29) is 30.7 Å². The Hall–Kier alpha value is -2.32. The number of nitrogens with zero attached hydrogens (tertiary/aromatic N) is 3. The van der Waals surface area contributed by atoms with Gasteiger partial charge in [-0.25, -0.2) is 9.78 Å². The SMILES string of the molecule is CC(C)C[C@@H](NC(=O)CNC(=O)c1cnccn1)B1OCCCN(CCOC(=O)NC(P(C)O)[P+](=O)O)CCCO1. The minimum absolute atomic E-state index is 0.0635. The van der Waals surface area contributed by atoms with Gasteiger partial charge in [0.15, 0.2) is 0 Å². The zero-order valence-electron chi connectivity index (χ0n) is 23.6. The van der Waals surface area contributed by atoms with Gasteiger partial charge in [-0.3, -0.25) is 24.8 Å². The molecule has 1 saturated heterocycles. The maximum absolute atomic E-state index is 12.6. The molecule has 3 unspecified atom stereocenters. The highest BCUT2D eigenvalue weighted by molar-refractivity contribution is 7.64. The van der Waals surface area contributed by atoms with E-state index in [0.717, 1.165) is 0 Å². The van der Waals surface area contributed by atoms with Crippen molar-refractivity contribution < 1.29 is 42.8 Å². The number of carbonyl (C=O) groups excluding carboxylic acids is 3. The highest BCUT2D eigenvalue weighted by Gasteiger charge is 2.36. The fraction of sp³-hybridized carbons (Fsp3) is 0.696. The molecule has 0 bridgehead atoms. The molecule has 4 atom stereocenters. The molecular weight excluding hydrogens is 577 g/mol. The van der Waals surface area contributed by atoms with E-state index in [1.807, 2.05) is 13.8 Å². The summed E-state index contributed by atoms with van der Waals surface area (Å²) in [6.45, 7) is 7.81. The Kier molecular flexibility index (Phi) is 16.2. The van der Waals surface area contributed by atoms with Crippen LogP contribution in [0.1, 0.15) is 43.6 Å². The van der Waals surface area contributed by atoms with Crippen molar-refractivity contribution in [3.63, 3.8) is 0 Å². The van der Waals surface area contributed by atoms with Crippen LogP contribution in [-0.2, 0) is 23.4 Å². The van der Waals surface area contributed by atoms with Crippen molar-refractivity contribution in [2.75, 3.05) is 52.7 Å². The second kappa shape index (κ2) is 19.0. The second-order valence-electron chi connectivity index (χ2n) is 9.77. The maximum Gasteiger partial charge on any atom is 0.537 e. The molecule has 1 aromatic heterocycles. The van der Waals surface area contributed by atoms with Crippen LogP contribution >= 0.6 is 16.2 Å². The van der Waals surface area contributed by atoms with Gasteiger partial charge in [0.05, 0.1) is 18.7 Å². The van der Waals surface area contributed by atoms with Crippen LogP contribution in [-0.4, -0.2) is 114 Å². The molecule has 18 heteroatoms. The van der Waals surface area contributed by atoms with Gasteiger partial charge in [-0.2, -0.15) is 4.89 Å². The van der Waals surface area contributed by atoms with E-state index in [4.69, 9.17) is 14.0 Å². The monoisotopic (exact) mass is 617 g/mol. The van der Waals surface area contributed by atoms with Crippen LogP contribution in [0.5, 0.6) is 0 Å². The summed E-state index contributed by atoms with van der Waals surface area (Å²) in [5, 5.41) is 7.70. The average Bonchev–Trinajstić information content (AvgIpc) is 2.93. The van der Waals surface area contributed by atoms with Gasteiger partial charge in [0.2, 0.25) is 5.91 Å². The number of aromatic nitrogens is 2. The largest absolute Gasteiger partial charge is 0.537 e. The quantitative estimate of drug-likeness (QED) is 0.153. The zero-order valence-corrected chi connectivity index (χ0v) is 25.4. The molecule has 1 fully saturated rings. The van der Waals surface area contributed by atoms with Crippen LogP contribution < -0.4 is 16.0 Å². The van der Waals surface area contributed by atoms with E-state index in [1.165, 1.54) is 25.3 Å². The van der Waals surface area contributed by atoms with Crippen LogP contribution in [0.15, 0.2) is 18.6 Å². The highest BCUT2D eigenvalue weighted by atomic mass is 31.2. The lowest BCUT2D eigenvalue weighted by Gasteiger charge is -2.29. The average molecular weight is 617 g/mol. The van der Waals surface area contributed by atoms with E-state index in [0.29, 0.717) is 52.1 Å². The first-order chi connectivity index (χ1) is 19.6. The number of hydrogen-bond donors (Lipinski definition) is 5. The summed E-state index contributed by atoms with van der Waals surface area (Å²) in [6, 6.07) is 0. The Labute approximate surface area is 242 Å². The molecule has 3 amide bonds. The number of nitrogens with one attached hydrogen (secondary N) is 3. The van der Waals surface area contributed by atoms with E-state index < -0.39 is 46.8 Å². The Bertz CT molecular complexity index is 970. The molecule has 5 N–H and O–H groups in total. The number of hydrogen-bond acceptors (Lipinski definition) is 11. The van der Waals surface area contributed by atoms with Gasteiger partial charge in [0.25, 0.3) is 5.91 Å². The van der Waals surface area contributed by atoms with Crippen LogP contribution in [0.3, 0.4) is 0 Å². The number of alkyl carbamates (subject to hydrolysis) is 1. The summed E-state index contributed by atoms with van der Waals surface area (Å²) in [6.07, 6.45) is 5.25. The number of carbonyl (C=O) groups is 3. The highest BCUT2D eigenvalue weighted by Crippen LogP contribution is 2.43. The van der Waals surface area contributed by atoms with Crippen LogP contribution in [0.25, 0.3) is 0 Å². The van der Waals surface area contributed by atoms with Gasteiger partial charge in [-0.1, -0.05) is 13.8 Å². The molecular formula is C23H40BN6O9P2+. The van der Waals surface area contributed by atoms with Crippen LogP contribution in [0.4, 0.5) is 4.79 Å². The Morgan fingerprint density at radius 2 is 1.88 bits per heavy atom. The molecule has 228 valence electrons. The molecule has 0 aromatic carbocycles. The van der Waals surface area contributed by atoms with Gasteiger partial charge in [-0.05, 0) is 36.4 Å². The number of amides is 3. The van der Waals surface area contributed by atoms with Crippen molar-refractivity contribution in [2.45, 2.75) is 44.6 Å². The third-order valence-corrected chi connectivity index (χ3v) is 8.84. The van der Waals surface area contributed by atoms with E-state index in [2.05, 4.69) is 30.8 Å². The van der Waals surface area contributed by atoms with E-state index in [1.54, 1.807) is 0 Å². The molecule has 0 spiro atoms. The first-order valence-electron chi connectivity index (χ1n) is 13.4. The van der Waals surface area contributed by atoms with Gasteiger partial charge in [-0.15, -0.1) is 0 Å². The third kappa shape index (κ3) is 13.9. The molecule has 0 aliphatic carbocycles. The smallest absolute Gasteiger partial charge is 0.448 e. The summed E-state index contributed by atoms with van der Waals surface area (Å²) in [4.78, 5) is 65.4. The van der Waals surface area contributed by atoms with Crippen LogP contribution in [0, 0.1) is 5.92 Å². The second-order valence-corrected chi connectivity index (χ2v) is 13.0. The fourth-order valence-electron chi connectivity index (χ4n) is 3.97. The number of ether oxygens (including phenoxy) is 1. The first kappa shape index (κ1) is 34.9. The molecule has 1 aliphatic rings. The lowest BCUT2D eigenvalue weighted by atomic mass is 9.73. The standard InChI is InChI=1S/C23H39BN6O9P2/c1-17(2)14-19(28-20(31)16-27-21(32)18-15-25-6-7-26-18)24-38-11-4-8-30(9-5-12-39-24)10-13-37-22(33)29-23(40(3)34)41(35)36/h6-7,15,17,19,23,34H,4-5,8-14,16H2,1-3H3,(H3-,27,28,29,31,32,33,35,36)/p+1/t19-,23?,40?/m1/s1. The maximum atomic E-state index is 12.6. The molecule has 0 radical (unpaired) electrons. The molecule has 2 rings (SSSR count). The Balaban J connectivity index is 1.80. The number of rotatable bonds is 13. The third-order valence-electron chi connectivity index (χ3n) is 5.86. The minimum atomic E-state index is -2.77. The van der Waals surface area contributed by atoms with Crippen molar-refractivity contribution in [1.29, 1.82) is 0 Å². The summed E-state index contributed by atoms with van der Waals surface area (Å²) in [5.74, 6) is -1.04. The molecule has 41 heavy (non-hydrogen) atoms. The Morgan fingerprint density at radius 3 is 2.44 bits per heavy atom. The Morgan fingerprint density at radius 1 is 1.20 bits per heavy atom. The predicted octanol–water partition coefficient (Wildman–Crippen LogP) is 0.657. The summed E-state index contributed by atoms with van der Waals surface area (Å²) >= 11 is 0. The van der Waals surface area contributed by atoms with Gasteiger partial charge in [0.1, 0.15) is 20.4 Å². The predicted molar refractivity (Wildman–Crippen MR) is 152 cm³/mol. The van der Waals surface area contributed by atoms with E-state index >= 15 is 0 Å². The van der Waals surface area contributed by atoms with Gasteiger partial charge < -0.3 is 29.6 Å². The lowest BCUT2D eigenvalue weighted by Crippen LogP contribution is -2.52. The topological polar surface area (TPSA) is 202 Å². The fourth-order valence-corrected chi connectivity index (χ4v) is 5.62. The molecule has 1 aromatic rings. The summed E-state index contributed by atoms with van der Waals surface area (Å²) in [7, 11) is -5.26. The van der Waals surface area contributed by atoms with Crippen molar-refractivity contribution >= 4 is 41.2 Å². The van der Waals surface area contributed by atoms with Crippen molar-refractivity contribution in [3.8, 4) is 0 Å². The van der Waals surface area contributed by atoms with Crippen LogP contribution in [0.2, 0.25) is 0 Å². The molecule has 1 aliphatic heterocycles. The zero-order chi connectivity index (χ0) is 30.2. The van der Waals surface area contributed by atoms with Crippen molar-refractivity contribution in [2.24, 2.45) is 5.92 Å². The van der Waals surface area contributed by atoms with Crippen molar-refractivity contribution in [3.05, 3.63) is 24.3 Å². The van der Waals surface area contributed by atoms with Gasteiger partial charge in [0, 0.05) is 45.2 Å². The summed E-state index contributed by atoms with van der Waals surface area (Å²) in [5.41, 5.74) is -1.12.